The highest BCUT2D eigenvalue weighted by Crippen LogP contribution is 2.44. The van der Waals surface area contributed by atoms with Crippen molar-refractivity contribution in [1.29, 1.82) is 0 Å². The molecule has 1 N–H and O–H groups in total. The minimum absolute atomic E-state index is 0.0156. The van der Waals surface area contributed by atoms with Gasteiger partial charge in [0, 0.05) is 6.04 Å². The fourth-order valence-corrected chi connectivity index (χ4v) is 3.54. The zero-order valence-electron chi connectivity index (χ0n) is 8.91. The van der Waals surface area contributed by atoms with Crippen LogP contribution in [0.25, 0.3) is 0 Å². The summed E-state index contributed by atoms with van der Waals surface area (Å²) in [6.07, 6.45) is 6.62. The first-order valence-corrected chi connectivity index (χ1v) is 6.57. The second kappa shape index (κ2) is 3.91. The summed E-state index contributed by atoms with van der Waals surface area (Å²) in [6.45, 7) is 0. The average Bonchev–Trinajstić information content (AvgIpc) is 2.92. The molecule has 86 valence electrons. The van der Waals surface area contributed by atoms with Gasteiger partial charge in [0.1, 0.15) is 0 Å². The Labute approximate surface area is 103 Å². The topological polar surface area (TPSA) is 42.2 Å². The Hall–Kier alpha value is -0.770. The second-order valence-electron chi connectivity index (χ2n) is 4.86. The van der Waals surface area contributed by atoms with Crippen molar-refractivity contribution in [1.82, 2.24) is 5.32 Å². The first-order valence-electron chi connectivity index (χ1n) is 5.78. The lowest BCUT2D eigenvalue weighted by Crippen LogP contribution is -2.38. The van der Waals surface area contributed by atoms with Crippen LogP contribution >= 0.6 is 15.9 Å². The monoisotopic (exact) mass is 283 g/mol. The Kier molecular flexibility index (Phi) is 2.54. The van der Waals surface area contributed by atoms with Gasteiger partial charge in [-0.15, -0.1) is 0 Å². The lowest BCUT2D eigenvalue weighted by molar-refractivity contribution is 0.0921. The number of rotatable bonds is 2. The van der Waals surface area contributed by atoms with E-state index in [2.05, 4.69) is 21.2 Å². The van der Waals surface area contributed by atoms with E-state index in [0.29, 0.717) is 22.2 Å². The van der Waals surface area contributed by atoms with Crippen molar-refractivity contribution in [2.24, 2.45) is 11.8 Å². The van der Waals surface area contributed by atoms with E-state index >= 15 is 0 Å². The van der Waals surface area contributed by atoms with E-state index in [-0.39, 0.29) is 5.91 Å². The molecular weight excluding hydrogens is 270 g/mol. The van der Waals surface area contributed by atoms with E-state index in [1.807, 2.05) is 0 Å². The summed E-state index contributed by atoms with van der Waals surface area (Å²) in [6, 6.07) is 2.08. The Morgan fingerprint density at radius 3 is 2.88 bits per heavy atom. The molecule has 3 nitrogen and oxygen atoms in total. The third-order valence-electron chi connectivity index (χ3n) is 3.92. The zero-order valence-corrected chi connectivity index (χ0v) is 10.5. The third-order valence-corrected chi connectivity index (χ3v) is 4.53. The average molecular weight is 284 g/mol. The first kappa shape index (κ1) is 10.4. The molecule has 2 fully saturated rings. The number of hydrogen-bond donors (Lipinski definition) is 1. The second-order valence-corrected chi connectivity index (χ2v) is 5.58. The van der Waals surface area contributed by atoms with E-state index in [1.165, 1.54) is 25.5 Å². The van der Waals surface area contributed by atoms with Gasteiger partial charge in [0.2, 0.25) is 0 Å². The largest absolute Gasteiger partial charge is 0.457 e. The van der Waals surface area contributed by atoms with Gasteiger partial charge in [-0.3, -0.25) is 4.79 Å². The number of furan rings is 1. The van der Waals surface area contributed by atoms with Crippen LogP contribution in [0.2, 0.25) is 0 Å². The molecule has 0 aromatic carbocycles. The number of halogens is 1. The molecule has 2 aliphatic rings. The molecule has 3 rings (SSSR count). The maximum Gasteiger partial charge on any atom is 0.255 e. The fraction of sp³-hybridized carbons (Fsp3) is 0.583. The zero-order chi connectivity index (χ0) is 11.1. The van der Waals surface area contributed by atoms with Crippen molar-refractivity contribution in [3.05, 3.63) is 22.6 Å². The minimum Gasteiger partial charge on any atom is -0.457 e. The molecule has 1 aromatic heterocycles. The molecule has 0 aliphatic heterocycles. The van der Waals surface area contributed by atoms with Crippen LogP contribution in [-0.4, -0.2) is 11.9 Å². The van der Waals surface area contributed by atoms with Gasteiger partial charge in [-0.2, -0.15) is 0 Å². The highest BCUT2D eigenvalue weighted by molar-refractivity contribution is 9.10. The predicted molar refractivity (Wildman–Crippen MR) is 63.1 cm³/mol. The number of amides is 1. The summed E-state index contributed by atoms with van der Waals surface area (Å²) >= 11 is 3.23. The van der Waals surface area contributed by atoms with Crippen LogP contribution in [0.1, 0.15) is 36.0 Å². The minimum atomic E-state index is -0.0156. The van der Waals surface area contributed by atoms with Gasteiger partial charge >= 0.3 is 0 Å². The Bertz CT molecular complexity index is 415. The third kappa shape index (κ3) is 1.69. The van der Waals surface area contributed by atoms with E-state index in [4.69, 9.17) is 4.42 Å². The van der Waals surface area contributed by atoms with Crippen LogP contribution < -0.4 is 5.32 Å². The van der Waals surface area contributed by atoms with E-state index in [9.17, 15) is 4.79 Å². The molecule has 2 saturated carbocycles. The number of fused-ring (bicyclic) bond motifs is 2. The highest BCUT2D eigenvalue weighted by atomic mass is 79.9. The van der Waals surface area contributed by atoms with Crippen molar-refractivity contribution in [3.8, 4) is 0 Å². The van der Waals surface area contributed by atoms with E-state index in [1.54, 1.807) is 6.07 Å². The Morgan fingerprint density at radius 1 is 1.44 bits per heavy atom. The van der Waals surface area contributed by atoms with Crippen LogP contribution in [-0.2, 0) is 0 Å². The van der Waals surface area contributed by atoms with Crippen LogP contribution in [0.3, 0.4) is 0 Å². The van der Waals surface area contributed by atoms with Crippen LogP contribution in [0, 0.1) is 11.8 Å². The SMILES string of the molecule is O=C(NC1CC2CCC1C2)c1ccoc1Br. The molecule has 3 atom stereocenters. The van der Waals surface area contributed by atoms with Gasteiger partial charge in [0.15, 0.2) is 4.67 Å². The normalized spacial score (nSPS) is 31.9. The molecule has 1 heterocycles. The Balaban J connectivity index is 1.67. The number of carbonyl (C=O) groups excluding carboxylic acids is 1. The van der Waals surface area contributed by atoms with Gasteiger partial charge in [0.05, 0.1) is 11.8 Å². The summed E-state index contributed by atoms with van der Waals surface area (Å²) in [5.74, 6) is 1.54. The van der Waals surface area contributed by atoms with Gasteiger partial charge in [-0.1, -0.05) is 6.42 Å². The molecule has 2 bridgehead atoms. The molecule has 3 unspecified atom stereocenters. The summed E-state index contributed by atoms with van der Waals surface area (Å²) in [5.41, 5.74) is 0.600. The number of hydrogen-bond acceptors (Lipinski definition) is 2. The van der Waals surface area contributed by atoms with Crippen molar-refractivity contribution < 1.29 is 9.21 Å². The van der Waals surface area contributed by atoms with Gasteiger partial charge < -0.3 is 9.73 Å². The molecule has 0 saturated heterocycles. The van der Waals surface area contributed by atoms with Crippen molar-refractivity contribution in [2.45, 2.75) is 31.7 Å². The van der Waals surface area contributed by atoms with Crippen LogP contribution in [0.5, 0.6) is 0 Å². The maximum absolute atomic E-state index is 12.0. The maximum atomic E-state index is 12.0. The summed E-state index contributed by atoms with van der Waals surface area (Å²) in [7, 11) is 0. The predicted octanol–water partition coefficient (Wildman–Crippen LogP) is 2.96. The first-order chi connectivity index (χ1) is 7.74. The molecular formula is C12H14BrNO2. The van der Waals surface area contributed by atoms with E-state index < -0.39 is 0 Å². The smallest absolute Gasteiger partial charge is 0.255 e. The van der Waals surface area contributed by atoms with Crippen LogP contribution in [0.15, 0.2) is 21.4 Å². The lowest BCUT2D eigenvalue weighted by Gasteiger charge is -2.22. The fourth-order valence-electron chi connectivity index (χ4n) is 3.12. The van der Waals surface area contributed by atoms with Crippen molar-refractivity contribution in [3.63, 3.8) is 0 Å². The highest BCUT2D eigenvalue weighted by Gasteiger charge is 2.40. The quantitative estimate of drug-likeness (QED) is 0.907. The summed E-state index contributed by atoms with van der Waals surface area (Å²) in [5, 5.41) is 3.12. The van der Waals surface area contributed by atoms with Crippen molar-refractivity contribution in [2.75, 3.05) is 0 Å². The Morgan fingerprint density at radius 2 is 2.31 bits per heavy atom. The molecule has 4 heteroatoms. The summed E-state index contributed by atoms with van der Waals surface area (Å²) < 4.78 is 5.59. The molecule has 0 spiro atoms. The van der Waals surface area contributed by atoms with Crippen LogP contribution in [0.4, 0.5) is 0 Å². The summed E-state index contributed by atoms with van der Waals surface area (Å²) in [4.78, 5) is 12.0. The molecule has 2 aliphatic carbocycles. The van der Waals surface area contributed by atoms with Crippen molar-refractivity contribution >= 4 is 21.8 Å². The lowest BCUT2D eigenvalue weighted by atomic mass is 9.95. The van der Waals surface area contributed by atoms with E-state index in [0.717, 1.165) is 12.3 Å². The number of nitrogens with one attached hydrogen (secondary N) is 1. The van der Waals surface area contributed by atoms with Gasteiger partial charge in [-0.05, 0) is 53.1 Å². The van der Waals surface area contributed by atoms with Gasteiger partial charge in [-0.25, -0.2) is 0 Å². The molecule has 1 aromatic rings. The van der Waals surface area contributed by atoms with Gasteiger partial charge in [0.25, 0.3) is 5.91 Å². The molecule has 16 heavy (non-hydrogen) atoms. The number of carbonyl (C=O) groups is 1. The standard InChI is InChI=1S/C12H14BrNO2/c13-11-9(3-4-16-11)12(15)14-10-6-7-1-2-8(10)5-7/h3-4,7-8,10H,1-2,5-6H2,(H,14,15). The molecule has 0 radical (unpaired) electrons. The molecule has 1 amide bonds.